The summed E-state index contributed by atoms with van der Waals surface area (Å²) in [7, 11) is 0. The second-order valence-corrected chi connectivity index (χ2v) is 5.10. The van der Waals surface area contributed by atoms with Gasteiger partial charge in [-0.15, -0.1) is 0 Å². The molecule has 1 aromatic carbocycles. The fraction of sp³-hybridized carbons (Fsp3) is 0.500. The van der Waals surface area contributed by atoms with Crippen LogP contribution in [0.4, 0.5) is 5.69 Å². The molecule has 2 aliphatic rings. The van der Waals surface area contributed by atoms with E-state index in [0.29, 0.717) is 0 Å². The van der Waals surface area contributed by atoms with Crippen LogP contribution in [-0.4, -0.2) is 24.2 Å². The van der Waals surface area contributed by atoms with Crippen molar-refractivity contribution in [3.8, 4) is 0 Å². The summed E-state index contributed by atoms with van der Waals surface area (Å²) in [5, 5.41) is 9.41. The normalized spacial score (nSPS) is 21.5. The van der Waals surface area contributed by atoms with Gasteiger partial charge < -0.3 is 10.0 Å². The molecule has 0 atom stereocenters. The highest BCUT2D eigenvalue weighted by Crippen LogP contribution is 2.51. The number of rotatable bonds is 3. The lowest BCUT2D eigenvalue weighted by Gasteiger charge is -2.24. The highest BCUT2D eigenvalue weighted by molar-refractivity contribution is 5.87. The molecule has 1 aliphatic heterocycles. The predicted molar refractivity (Wildman–Crippen MR) is 66.4 cm³/mol. The number of anilines is 1. The zero-order chi connectivity index (χ0) is 11.9. The smallest absolute Gasteiger partial charge is 0.314 e. The van der Waals surface area contributed by atoms with Gasteiger partial charge in [-0.1, -0.05) is 18.2 Å². The molecule has 0 bridgehead atoms. The lowest BCUT2D eigenvalue weighted by molar-refractivity contribution is -0.140. The van der Waals surface area contributed by atoms with Gasteiger partial charge in [0.1, 0.15) is 0 Å². The summed E-state index contributed by atoms with van der Waals surface area (Å²) in [6.45, 7) is 2.12. The molecule has 3 nitrogen and oxygen atoms in total. The van der Waals surface area contributed by atoms with Crippen molar-refractivity contribution in [2.45, 2.75) is 31.1 Å². The van der Waals surface area contributed by atoms with Crippen molar-refractivity contribution in [2.24, 2.45) is 0 Å². The number of carboxylic acids is 1. The predicted octanol–water partition coefficient (Wildman–Crippen LogP) is 2.40. The molecule has 17 heavy (non-hydrogen) atoms. The minimum atomic E-state index is -0.663. The van der Waals surface area contributed by atoms with Crippen LogP contribution in [0.5, 0.6) is 0 Å². The standard InChI is InChI=1S/C14H17NO2/c16-13(17)14(7-8-14)11-5-1-2-6-12(11)15-9-3-4-10-15/h1-2,5-6H,3-4,7-10H2,(H,16,17). The van der Waals surface area contributed by atoms with Gasteiger partial charge in [-0.05, 0) is 37.3 Å². The summed E-state index contributed by atoms with van der Waals surface area (Å²) in [6.07, 6.45) is 4.00. The molecule has 3 rings (SSSR count). The zero-order valence-electron chi connectivity index (χ0n) is 9.85. The summed E-state index contributed by atoms with van der Waals surface area (Å²) < 4.78 is 0. The van der Waals surface area contributed by atoms with Gasteiger partial charge in [0.15, 0.2) is 0 Å². The van der Waals surface area contributed by atoms with Crippen LogP contribution >= 0.6 is 0 Å². The first-order chi connectivity index (χ1) is 8.24. The largest absolute Gasteiger partial charge is 0.481 e. The summed E-state index contributed by atoms with van der Waals surface area (Å²) >= 11 is 0. The lowest BCUT2D eigenvalue weighted by atomic mass is 9.94. The van der Waals surface area contributed by atoms with E-state index >= 15 is 0 Å². The average molecular weight is 231 g/mol. The topological polar surface area (TPSA) is 40.5 Å². The number of nitrogens with zero attached hydrogens (tertiary/aromatic N) is 1. The van der Waals surface area contributed by atoms with Crippen molar-refractivity contribution in [1.82, 2.24) is 0 Å². The molecule has 0 radical (unpaired) electrons. The van der Waals surface area contributed by atoms with Crippen molar-refractivity contribution in [3.63, 3.8) is 0 Å². The van der Waals surface area contributed by atoms with Gasteiger partial charge in [0.25, 0.3) is 0 Å². The molecule has 2 fully saturated rings. The van der Waals surface area contributed by atoms with Crippen LogP contribution in [0.2, 0.25) is 0 Å². The zero-order valence-corrected chi connectivity index (χ0v) is 9.85. The molecule has 3 heteroatoms. The van der Waals surface area contributed by atoms with Gasteiger partial charge in [-0.25, -0.2) is 0 Å². The number of hydrogen-bond acceptors (Lipinski definition) is 2. The second kappa shape index (κ2) is 3.76. The molecule has 1 aliphatic carbocycles. The van der Waals surface area contributed by atoms with Crippen LogP contribution in [0.15, 0.2) is 24.3 Å². The Bertz CT molecular complexity index is 445. The first-order valence-corrected chi connectivity index (χ1v) is 6.32. The van der Waals surface area contributed by atoms with Crippen molar-refractivity contribution in [3.05, 3.63) is 29.8 Å². The van der Waals surface area contributed by atoms with Gasteiger partial charge in [0.05, 0.1) is 5.41 Å². The average Bonchev–Trinajstić information content (AvgIpc) is 2.98. The maximum absolute atomic E-state index is 11.4. The first kappa shape index (κ1) is 10.6. The third-order valence-corrected chi connectivity index (χ3v) is 4.03. The molecule has 1 saturated carbocycles. The van der Waals surface area contributed by atoms with Crippen LogP contribution < -0.4 is 4.90 Å². The third kappa shape index (κ3) is 1.61. The number of hydrogen-bond donors (Lipinski definition) is 1. The molecule has 90 valence electrons. The van der Waals surface area contributed by atoms with E-state index in [1.165, 1.54) is 12.8 Å². The van der Waals surface area contributed by atoms with E-state index < -0.39 is 11.4 Å². The Balaban J connectivity index is 2.02. The molecule has 0 amide bonds. The van der Waals surface area contributed by atoms with Crippen molar-refractivity contribution in [1.29, 1.82) is 0 Å². The van der Waals surface area contributed by atoms with Crippen LogP contribution in [-0.2, 0) is 10.2 Å². The van der Waals surface area contributed by atoms with Crippen molar-refractivity contribution >= 4 is 11.7 Å². The Morgan fingerprint density at radius 1 is 1.18 bits per heavy atom. The maximum atomic E-state index is 11.4. The minimum Gasteiger partial charge on any atom is -0.481 e. The fourth-order valence-corrected chi connectivity index (χ4v) is 2.84. The second-order valence-electron chi connectivity index (χ2n) is 5.10. The summed E-state index contributed by atoms with van der Waals surface area (Å²) in [5.41, 5.74) is 1.58. The van der Waals surface area contributed by atoms with E-state index in [1.54, 1.807) is 0 Å². The third-order valence-electron chi connectivity index (χ3n) is 4.03. The van der Waals surface area contributed by atoms with Gasteiger partial charge in [0, 0.05) is 18.8 Å². The number of carboxylic acid groups (broad SMARTS) is 1. The lowest BCUT2D eigenvalue weighted by Crippen LogP contribution is -2.25. The van der Waals surface area contributed by atoms with E-state index in [4.69, 9.17) is 0 Å². The fourth-order valence-electron chi connectivity index (χ4n) is 2.84. The SMILES string of the molecule is O=C(O)C1(c2ccccc2N2CCCC2)CC1. The highest BCUT2D eigenvalue weighted by Gasteiger charge is 2.53. The first-order valence-electron chi connectivity index (χ1n) is 6.32. The van der Waals surface area contributed by atoms with Gasteiger partial charge in [-0.3, -0.25) is 4.79 Å². The molecule has 0 unspecified atom stereocenters. The molecule has 0 aromatic heterocycles. The number of para-hydroxylation sites is 1. The minimum absolute atomic E-state index is 0.584. The molecule has 1 aromatic rings. The van der Waals surface area contributed by atoms with Gasteiger partial charge in [0.2, 0.25) is 0 Å². The number of carbonyl (C=O) groups is 1. The number of aliphatic carboxylic acids is 1. The van der Waals surface area contributed by atoms with Crippen LogP contribution in [0.1, 0.15) is 31.2 Å². The van der Waals surface area contributed by atoms with Crippen LogP contribution in [0, 0.1) is 0 Å². The summed E-state index contributed by atoms with van der Waals surface area (Å²) in [6, 6.07) is 8.03. The molecule has 1 saturated heterocycles. The molecule has 0 spiro atoms. The van der Waals surface area contributed by atoms with Gasteiger partial charge >= 0.3 is 5.97 Å². The Hall–Kier alpha value is -1.51. The molecule has 1 heterocycles. The Morgan fingerprint density at radius 3 is 2.41 bits per heavy atom. The molecular formula is C14H17NO2. The van der Waals surface area contributed by atoms with E-state index in [9.17, 15) is 9.90 Å². The van der Waals surface area contributed by atoms with Crippen LogP contribution in [0.25, 0.3) is 0 Å². The van der Waals surface area contributed by atoms with Crippen molar-refractivity contribution in [2.75, 3.05) is 18.0 Å². The quantitative estimate of drug-likeness (QED) is 0.868. The highest BCUT2D eigenvalue weighted by atomic mass is 16.4. The Labute approximate surface area is 101 Å². The maximum Gasteiger partial charge on any atom is 0.314 e. The molecular weight excluding hydrogens is 214 g/mol. The number of benzene rings is 1. The van der Waals surface area contributed by atoms with Crippen molar-refractivity contribution < 1.29 is 9.90 Å². The molecule has 1 N–H and O–H groups in total. The van der Waals surface area contributed by atoms with E-state index in [2.05, 4.69) is 11.0 Å². The Morgan fingerprint density at radius 2 is 1.82 bits per heavy atom. The van der Waals surface area contributed by atoms with E-state index in [1.807, 2.05) is 18.2 Å². The summed E-state index contributed by atoms with van der Waals surface area (Å²) in [5.74, 6) is -0.663. The van der Waals surface area contributed by atoms with Gasteiger partial charge in [-0.2, -0.15) is 0 Å². The van der Waals surface area contributed by atoms with Crippen LogP contribution in [0.3, 0.4) is 0 Å². The monoisotopic (exact) mass is 231 g/mol. The Kier molecular flexibility index (Phi) is 2.35. The van der Waals surface area contributed by atoms with E-state index in [-0.39, 0.29) is 0 Å². The summed E-state index contributed by atoms with van der Waals surface area (Å²) in [4.78, 5) is 13.8. The van der Waals surface area contributed by atoms with E-state index in [0.717, 1.165) is 37.2 Å².